The van der Waals surface area contributed by atoms with Gasteiger partial charge in [-0.3, -0.25) is 4.99 Å². The van der Waals surface area contributed by atoms with Gasteiger partial charge < -0.3 is 9.64 Å². The normalized spacial score (nSPS) is 15.5. The minimum absolute atomic E-state index is 0.290. The fraction of sp³-hybridized carbons (Fsp3) is 0.273. The summed E-state index contributed by atoms with van der Waals surface area (Å²) in [6.07, 6.45) is 6.28. The van der Waals surface area contributed by atoms with Gasteiger partial charge in [0.15, 0.2) is 11.7 Å². The highest BCUT2D eigenvalue weighted by Crippen LogP contribution is 2.23. The van der Waals surface area contributed by atoms with E-state index in [9.17, 15) is 4.39 Å². The summed E-state index contributed by atoms with van der Waals surface area (Å²) in [6, 6.07) is 13.9. The number of amidine groups is 1. The molecule has 0 saturated heterocycles. The lowest BCUT2D eigenvalue weighted by Crippen LogP contribution is -2.36. The van der Waals surface area contributed by atoms with Crippen LogP contribution >= 0.6 is 0 Å². The molecule has 0 radical (unpaired) electrons. The molecular formula is C22H24FN3O. The lowest BCUT2D eigenvalue weighted by Gasteiger charge is -2.29. The lowest BCUT2D eigenvalue weighted by molar-refractivity contribution is 0.294. The first kappa shape index (κ1) is 18.8. The van der Waals surface area contributed by atoms with Crippen LogP contribution in [-0.2, 0) is 6.61 Å². The molecule has 1 aromatic heterocycles. The molecule has 0 unspecified atom stereocenters. The number of aliphatic imine (C=N–C) groups is 1. The van der Waals surface area contributed by atoms with Crippen molar-refractivity contribution in [3.05, 3.63) is 77.8 Å². The number of hydrogen-bond acceptors (Lipinski definition) is 3. The number of halogens is 1. The summed E-state index contributed by atoms with van der Waals surface area (Å²) < 4.78 is 19.8. The van der Waals surface area contributed by atoms with E-state index >= 15 is 0 Å². The Morgan fingerprint density at radius 2 is 2.07 bits per heavy atom. The predicted octanol–water partition coefficient (Wildman–Crippen LogP) is 4.65. The molecule has 2 heterocycles. The number of aromatic nitrogens is 1. The zero-order valence-electron chi connectivity index (χ0n) is 15.7. The summed E-state index contributed by atoms with van der Waals surface area (Å²) in [7, 11) is 1.62. The fourth-order valence-electron chi connectivity index (χ4n) is 3.05. The number of nitrogens with zero attached hydrogens (tertiary/aromatic N) is 3. The zero-order chi connectivity index (χ0) is 19.1. The third kappa shape index (κ3) is 4.82. The quantitative estimate of drug-likeness (QED) is 0.572. The van der Waals surface area contributed by atoms with E-state index in [1.807, 2.05) is 53.6 Å². The number of ether oxygens (including phenoxy) is 1. The van der Waals surface area contributed by atoms with E-state index in [2.05, 4.69) is 16.1 Å². The molecule has 0 saturated carbocycles. The first-order valence-corrected chi connectivity index (χ1v) is 9.07. The Morgan fingerprint density at radius 3 is 2.74 bits per heavy atom. The van der Waals surface area contributed by atoms with Gasteiger partial charge in [-0.05, 0) is 42.2 Å². The van der Waals surface area contributed by atoms with Gasteiger partial charge in [0, 0.05) is 32.4 Å². The molecule has 0 atom stereocenters. The summed E-state index contributed by atoms with van der Waals surface area (Å²) in [5.74, 6) is 0.701. The second kappa shape index (κ2) is 9.12. The minimum Gasteiger partial charge on any atom is -0.473 e. The molecule has 2 aromatic rings. The Labute approximate surface area is 159 Å². The molecule has 4 nitrogen and oxygen atoms in total. The zero-order valence-corrected chi connectivity index (χ0v) is 15.7. The molecule has 27 heavy (non-hydrogen) atoms. The first-order chi connectivity index (χ1) is 13.2. The molecule has 0 spiro atoms. The van der Waals surface area contributed by atoms with Crippen molar-refractivity contribution in [2.75, 3.05) is 20.1 Å². The third-order valence-electron chi connectivity index (χ3n) is 4.47. The maximum Gasteiger partial charge on any atom is 0.213 e. The van der Waals surface area contributed by atoms with E-state index in [1.54, 1.807) is 14.0 Å². The maximum absolute atomic E-state index is 14.0. The Hall–Kier alpha value is -2.95. The van der Waals surface area contributed by atoms with Gasteiger partial charge in [-0.25, -0.2) is 9.37 Å². The number of allylic oxidation sites excluding steroid dienone is 1. The topological polar surface area (TPSA) is 37.7 Å². The van der Waals surface area contributed by atoms with Crippen LogP contribution in [0.2, 0.25) is 0 Å². The van der Waals surface area contributed by atoms with Crippen LogP contribution in [0.4, 0.5) is 4.39 Å². The Morgan fingerprint density at radius 1 is 1.26 bits per heavy atom. The molecule has 0 aliphatic carbocycles. The standard InChI is InChI=1S/C22H24FN3O/c1-3-20(23)22(24-2)26-13-7-10-19(15-26)18-11-12-21(25-14-18)27-16-17-8-5-4-6-9-17/h3-6,8-12,14H,7,13,15-16H2,1-2H3/b20-3+,24-22?. The van der Waals surface area contributed by atoms with Gasteiger partial charge >= 0.3 is 0 Å². The van der Waals surface area contributed by atoms with Crippen molar-refractivity contribution < 1.29 is 9.13 Å². The SMILES string of the molecule is C/C=C(/F)C(=NC)N1CCC=C(c2ccc(OCc3ccccc3)nc2)C1. The monoisotopic (exact) mass is 365 g/mol. The first-order valence-electron chi connectivity index (χ1n) is 9.07. The van der Waals surface area contributed by atoms with Crippen LogP contribution in [0.15, 0.2) is 71.6 Å². The summed E-state index contributed by atoms with van der Waals surface area (Å²) in [6.45, 7) is 3.53. The third-order valence-corrected chi connectivity index (χ3v) is 4.47. The molecule has 0 bridgehead atoms. The van der Waals surface area contributed by atoms with Gasteiger partial charge in [0.25, 0.3) is 0 Å². The number of rotatable bonds is 5. The van der Waals surface area contributed by atoms with Crippen molar-refractivity contribution in [3.8, 4) is 5.88 Å². The van der Waals surface area contributed by atoms with Crippen LogP contribution in [0.25, 0.3) is 5.57 Å². The van der Waals surface area contributed by atoms with Crippen LogP contribution in [0.3, 0.4) is 0 Å². The van der Waals surface area contributed by atoms with Crippen LogP contribution in [0, 0.1) is 0 Å². The van der Waals surface area contributed by atoms with E-state index in [0.717, 1.165) is 29.7 Å². The van der Waals surface area contributed by atoms with Crippen LogP contribution in [-0.4, -0.2) is 35.9 Å². The Kier molecular flexibility index (Phi) is 6.36. The van der Waals surface area contributed by atoms with Crippen molar-refractivity contribution in [1.29, 1.82) is 0 Å². The highest BCUT2D eigenvalue weighted by molar-refractivity contribution is 5.97. The van der Waals surface area contributed by atoms with Crippen molar-refractivity contribution in [2.45, 2.75) is 20.0 Å². The molecule has 1 aliphatic rings. The molecule has 1 aliphatic heterocycles. The van der Waals surface area contributed by atoms with Crippen molar-refractivity contribution >= 4 is 11.4 Å². The lowest BCUT2D eigenvalue weighted by atomic mass is 10.0. The largest absolute Gasteiger partial charge is 0.473 e. The molecule has 1 aromatic carbocycles. The van der Waals surface area contributed by atoms with Gasteiger partial charge in [-0.2, -0.15) is 0 Å². The molecular weight excluding hydrogens is 341 g/mol. The predicted molar refractivity (Wildman–Crippen MR) is 107 cm³/mol. The van der Waals surface area contributed by atoms with Gasteiger partial charge in [-0.15, -0.1) is 0 Å². The van der Waals surface area contributed by atoms with Crippen molar-refractivity contribution in [3.63, 3.8) is 0 Å². The van der Waals surface area contributed by atoms with E-state index in [-0.39, 0.29) is 5.83 Å². The van der Waals surface area contributed by atoms with Crippen LogP contribution in [0.1, 0.15) is 24.5 Å². The molecule has 5 heteroatoms. The summed E-state index contributed by atoms with van der Waals surface area (Å²) in [5, 5.41) is 0. The Balaban J connectivity index is 1.65. The molecule has 0 N–H and O–H groups in total. The van der Waals surface area contributed by atoms with E-state index in [0.29, 0.717) is 24.9 Å². The van der Waals surface area contributed by atoms with E-state index in [4.69, 9.17) is 4.74 Å². The smallest absolute Gasteiger partial charge is 0.213 e. The summed E-state index contributed by atoms with van der Waals surface area (Å²) in [5.41, 5.74) is 3.24. The maximum atomic E-state index is 14.0. The van der Waals surface area contributed by atoms with Gasteiger partial charge in [0.1, 0.15) is 6.61 Å². The summed E-state index contributed by atoms with van der Waals surface area (Å²) in [4.78, 5) is 10.5. The number of hydrogen-bond donors (Lipinski definition) is 0. The second-order valence-electron chi connectivity index (χ2n) is 6.28. The van der Waals surface area contributed by atoms with Crippen LogP contribution < -0.4 is 4.74 Å². The van der Waals surface area contributed by atoms with E-state index in [1.165, 1.54) is 6.08 Å². The average Bonchev–Trinajstić information content (AvgIpc) is 2.74. The highest BCUT2D eigenvalue weighted by atomic mass is 19.1. The Bertz CT molecular complexity index is 842. The van der Waals surface area contributed by atoms with Gasteiger partial charge in [0.05, 0.1) is 0 Å². The molecule has 0 fully saturated rings. The fourth-order valence-corrected chi connectivity index (χ4v) is 3.05. The van der Waals surface area contributed by atoms with Gasteiger partial charge in [0.2, 0.25) is 5.88 Å². The average molecular weight is 365 g/mol. The number of benzene rings is 1. The summed E-state index contributed by atoms with van der Waals surface area (Å²) >= 11 is 0. The van der Waals surface area contributed by atoms with Crippen molar-refractivity contribution in [1.82, 2.24) is 9.88 Å². The number of pyridine rings is 1. The molecule has 140 valence electrons. The van der Waals surface area contributed by atoms with Gasteiger partial charge in [-0.1, -0.05) is 36.4 Å². The second-order valence-corrected chi connectivity index (χ2v) is 6.28. The van der Waals surface area contributed by atoms with Crippen LogP contribution in [0.5, 0.6) is 5.88 Å². The van der Waals surface area contributed by atoms with Crippen molar-refractivity contribution in [2.24, 2.45) is 4.99 Å². The highest BCUT2D eigenvalue weighted by Gasteiger charge is 2.20. The molecule has 3 rings (SSSR count). The minimum atomic E-state index is -0.290. The molecule has 0 amide bonds. The van der Waals surface area contributed by atoms with E-state index < -0.39 is 0 Å².